The second-order valence-electron chi connectivity index (χ2n) is 4.28. The number of hydrogen-bond donors (Lipinski definition) is 2. The molecule has 2 N–H and O–H groups in total. The molecule has 0 bridgehead atoms. The summed E-state index contributed by atoms with van der Waals surface area (Å²) in [7, 11) is 0. The highest BCUT2D eigenvalue weighted by molar-refractivity contribution is 6.31. The summed E-state index contributed by atoms with van der Waals surface area (Å²) in [5.41, 5.74) is 1.12. The van der Waals surface area contributed by atoms with Crippen LogP contribution in [0.25, 0.3) is 0 Å². The number of carboxylic acid groups (broad SMARTS) is 1. The number of nitrogens with one attached hydrogen (secondary N) is 1. The molecule has 0 aliphatic rings. The number of rotatable bonds is 5. The quantitative estimate of drug-likeness (QED) is 0.651. The van der Waals surface area contributed by atoms with E-state index >= 15 is 0 Å². The van der Waals surface area contributed by atoms with E-state index in [4.69, 9.17) is 16.7 Å². The average molecular weight is 307 g/mol. The van der Waals surface area contributed by atoms with Crippen molar-refractivity contribution < 1.29 is 14.8 Å². The van der Waals surface area contributed by atoms with Crippen LogP contribution in [0.2, 0.25) is 5.02 Å². The molecule has 2 aromatic rings. The third-order valence-corrected chi connectivity index (χ3v) is 3.05. The number of nitro groups is 1. The van der Waals surface area contributed by atoms with E-state index in [1.54, 1.807) is 24.3 Å². The highest BCUT2D eigenvalue weighted by Gasteiger charge is 2.11. The van der Waals surface area contributed by atoms with Crippen molar-refractivity contribution in [3.8, 4) is 0 Å². The van der Waals surface area contributed by atoms with Crippen LogP contribution in [0.3, 0.4) is 0 Å². The summed E-state index contributed by atoms with van der Waals surface area (Å²) in [6.45, 7) is 0.267. The number of aromatic carboxylic acids is 1. The number of nitrogens with zero attached hydrogens (tertiary/aromatic N) is 1. The first-order valence-electron chi connectivity index (χ1n) is 5.97. The Morgan fingerprint density at radius 2 is 2.05 bits per heavy atom. The number of non-ortho nitro benzene ring substituents is 1. The van der Waals surface area contributed by atoms with Crippen molar-refractivity contribution in [3.05, 3.63) is 68.7 Å². The minimum Gasteiger partial charge on any atom is -0.478 e. The summed E-state index contributed by atoms with van der Waals surface area (Å²) < 4.78 is 0. The molecule has 0 saturated heterocycles. The van der Waals surface area contributed by atoms with Gasteiger partial charge in [0.15, 0.2) is 0 Å². The van der Waals surface area contributed by atoms with Gasteiger partial charge in [-0.15, -0.1) is 0 Å². The van der Waals surface area contributed by atoms with Gasteiger partial charge in [-0.3, -0.25) is 10.1 Å². The molecule has 0 amide bonds. The van der Waals surface area contributed by atoms with Crippen LogP contribution in [0.5, 0.6) is 0 Å². The summed E-state index contributed by atoms with van der Waals surface area (Å²) in [5.74, 6) is -1.10. The lowest BCUT2D eigenvalue weighted by atomic mass is 10.1. The molecule has 0 atom stereocenters. The Morgan fingerprint density at radius 3 is 2.71 bits per heavy atom. The van der Waals surface area contributed by atoms with Crippen LogP contribution < -0.4 is 5.32 Å². The Balaban J connectivity index is 2.18. The summed E-state index contributed by atoms with van der Waals surface area (Å²) in [6, 6.07) is 10.6. The third kappa shape index (κ3) is 3.70. The number of hydrogen-bond acceptors (Lipinski definition) is 4. The maximum Gasteiger partial charge on any atom is 0.337 e. The maximum atomic E-state index is 11.1. The number of benzene rings is 2. The standard InChI is InChI=1S/C14H11ClN2O4/c15-10-4-5-13(12(7-10)14(18)19)16-8-9-2-1-3-11(6-9)17(20)21/h1-7,16H,8H2,(H,18,19). The van der Waals surface area contributed by atoms with Gasteiger partial charge < -0.3 is 10.4 Å². The third-order valence-electron chi connectivity index (χ3n) is 2.82. The number of carbonyl (C=O) groups is 1. The molecular formula is C14H11ClN2O4. The molecule has 2 aromatic carbocycles. The topological polar surface area (TPSA) is 92.5 Å². The van der Waals surface area contributed by atoms with Crippen LogP contribution in [0.15, 0.2) is 42.5 Å². The second-order valence-corrected chi connectivity index (χ2v) is 4.71. The molecule has 0 aliphatic carbocycles. The molecule has 0 heterocycles. The van der Waals surface area contributed by atoms with Gasteiger partial charge in [0.2, 0.25) is 0 Å². The smallest absolute Gasteiger partial charge is 0.337 e. The lowest BCUT2D eigenvalue weighted by Gasteiger charge is -2.10. The van der Waals surface area contributed by atoms with Crippen LogP contribution >= 0.6 is 11.6 Å². The fourth-order valence-electron chi connectivity index (χ4n) is 1.82. The first-order valence-corrected chi connectivity index (χ1v) is 6.35. The van der Waals surface area contributed by atoms with Gasteiger partial charge in [-0.2, -0.15) is 0 Å². The summed E-state index contributed by atoms with van der Waals surface area (Å²) >= 11 is 5.77. The van der Waals surface area contributed by atoms with Gasteiger partial charge in [0.1, 0.15) is 0 Å². The lowest BCUT2D eigenvalue weighted by molar-refractivity contribution is -0.384. The number of nitro benzene ring substituents is 1. The molecule has 108 valence electrons. The molecule has 6 nitrogen and oxygen atoms in total. The summed E-state index contributed by atoms with van der Waals surface area (Å²) in [4.78, 5) is 21.4. The van der Waals surface area contributed by atoms with Gasteiger partial charge in [-0.05, 0) is 23.8 Å². The molecule has 0 saturated carbocycles. The van der Waals surface area contributed by atoms with Crippen molar-refractivity contribution in [1.82, 2.24) is 0 Å². The molecule has 0 fully saturated rings. The Labute approximate surface area is 125 Å². The van der Waals surface area contributed by atoms with E-state index in [9.17, 15) is 14.9 Å². The predicted octanol–water partition coefficient (Wildman–Crippen LogP) is 3.56. The van der Waals surface area contributed by atoms with E-state index in [0.717, 1.165) is 0 Å². The van der Waals surface area contributed by atoms with Crippen molar-refractivity contribution in [2.75, 3.05) is 5.32 Å². The molecule has 2 rings (SSSR count). The van der Waals surface area contributed by atoms with Crippen molar-refractivity contribution in [2.24, 2.45) is 0 Å². The molecule has 0 unspecified atom stereocenters. The van der Waals surface area contributed by atoms with Crippen LogP contribution in [-0.2, 0) is 6.54 Å². The number of anilines is 1. The van der Waals surface area contributed by atoms with Gasteiger partial charge in [0.25, 0.3) is 5.69 Å². The zero-order valence-electron chi connectivity index (χ0n) is 10.7. The van der Waals surface area contributed by atoms with Gasteiger partial charge in [-0.25, -0.2) is 4.79 Å². The maximum absolute atomic E-state index is 11.1. The second kappa shape index (κ2) is 6.23. The normalized spacial score (nSPS) is 10.1. The SMILES string of the molecule is O=C(O)c1cc(Cl)ccc1NCc1cccc([N+](=O)[O-])c1. The van der Waals surface area contributed by atoms with Gasteiger partial charge in [0.05, 0.1) is 10.5 Å². The Kier molecular flexibility index (Phi) is 4.39. The zero-order chi connectivity index (χ0) is 15.4. The van der Waals surface area contributed by atoms with Gasteiger partial charge in [0, 0.05) is 29.4 Å². The first kappa shape index (κ1) is 14.8. The van der Waals surface area contributed by atoms with E-state index in [1.165, 1.54) is 18.2 Å². The summed E-state index contributed by atoms with van der Waals surface area (Å²) in [6.07, 6.45) is 0. The van der Waals surface area contributed by atoms with Gasteiger partial charge >= 0.3 is 5.97 Å². The van der Waals surface area contributed by atoms with Crippen LogP contribution in [0.1, 0.15) is 15.9 Å². The molecule has 0 aromatic heterocycles. The molecule has 0 spiro atoms. The van der Waals surface area contributed by atoms with Crippen molar-refractivity contribution in [3.63, 3.8) is 0 Å². The monoisotopic (exact) mass is 306 g/mol. The number of halogens is 1. The van der Waals surface area contributed by atoms with Crippen molar-refractivity contribution in [2.45, 2.75) is 6.54 Å². The van der Waals surface area contributed by atoms with Crippen LogP contribution in [0, 0.1) is 10.1 Å². The van der Waals surface area contributed by atoms with E-state index in [1.807, 2.05) is 0 Å². The van der Waals surface area contributed by atoms with E-state index in [0.29, 0.717) is 16.3 Å². The number of carboxylic acids is 1. The van der Waals surface area contributed by atoms with Crippen molar-refractivity contribution in [1.29, 1.82) is 0 Å². The molecule has 21 heavy (non-hydrogen) atoms. The molecule has 0 radical (unpaired) electrons. The Hall–Kier alpha value is -2.60. The fraction of sp³-hybridized carbons (Fsp3) is 0.0714. The lowest BCUT2D eigenvalue weighted by Crippen LogP contribution is -2.06. The fourth-order valence-corrected chi connectivity index (χ4v) is 2.00. The Morgan fingerprint density at radius 1 is 1.29 bits per heavy atom. The minimum atomic E-state index is -1.10. The molecule has 0 aliphatic heterocycles. The molecular weight excluding hydrogens is 296 g/mol. The molecule has 7 heteroatoms. The van der Waals surface area contributed by atoms with Crippen molar-refractivity contribution >= 4 is 28.9 Å². The zero-order valence-corrected chi connectivity index (χ0v) is 11.5. The van der Waals surface area contributed by atoms with Crippen LogP contribution in [0.4, 0.5) is 11.4 Å². The van der Waals surface area contributed by atoms with Gasteiger partial charge in [-0.1, -0.05) is 23.7 Å². The predicted molar refractivity (Wildman–Crippen MR) is 78.8 cm³/mol. The highest BCUT2D eigenvalue weighted by atomic mass is 35.5. The minimum absolute atomic E-state index is 0.0103. The average Bonchev–Trinajstić information content (AvgIpc) is 2.46. The Bertz CT molecular complexity index is 703. The highest BCUT2D eigenvalue weighted by Crippen LogP contribution is 2.22. The largest absolute Gasteiger partial charge is 0.478 e. The first-order chi connectivity index (χ1) is 9.97. The van der Waals surface area contributed by atoms with E-state index < -0.39 is 10.9 Å². The van der Waals surface area contributed by atoms with Crippen LogP contribution in [-0.4, -0.2) is 16.0 Å². The van der Waals surface area contributed by atoms with E-state index in [2.05, 4.69) is 5.32 Å². The van der Waals surface area contributed by atoms with E-state index in [-0.39, 0.29) is 17.8 Å². The summed E-state index contributed by atoms with van der Waals surface area (Å²) in [5, 5.41) is 23.1.